The third kappa shape index (κ3) is 3.41. The van der Waals surface area contributed by atoms with Crippen LogP contribution >= 0.6 is 0 Å². The van der Waals surface area contributed by atoms with Crippen LogP contribution in [-0.2, 0) is 0 Å². The molecule has 7 heteroatoms. The van der Waals surface area contributed by atoms with Gasteiger partial charge in [0.1, 0.15) is 0 Å². The quantitative estimate of drug-likeness (QED) is 0.164. The third-order valence-corrected chi connectivity index (χ3v) is 1.83. The van der Waals surface area contributed by atoms with E-state index in [4.69, 9.17) is 5.53 Å². The Morgan fingerprint density at radius 3 is 3.00 bits per heavy atom. The predicted octanol–water partition coefficient (Wildman–Crippen LogP) is 2.35. The van der Waals surface area contributed by atoms with E-state index in [-0.39, 0.29) is 17.8 Å². The lowest BCUT2D eigenvalue weighted by molar-refractivity contribution is -0.385. The Labute approximate surface area is 96.5 Å². The number of phenols is 1. The Balaban J connectivity index is 2.88. The molecule has 0 aliphatic carbocycles. The summed E-state index contributed by atoms with van der Waals surface area (Å²) in [7, 11) is 0. The van der Waals surface area contributed by atoms with Crippen molar-refractivity contribution < 1.29 is 10.0 Å². The lowest BCUT2D eigenvalue weighted by Gasteiger charge is -1.97. The molecule has 0 unspecified atom stereocenters. The van der Waals surface area contributed by atoms with Crippen molar-refractivity contribution in [1.29, 1.82) is 0 Å². The molecule has 0 heterocycles. The number of phenolic OH excluding ortho intramolecular Hbond substituents is 1. The normalized spacial score (nSPS) is 8.71. The fourth-order valence-corrected chi connectivity index (χ4v) is 1.09. The number of hydrogen-bond acceptors (Lipinski definition) is 4. The molecule has 0 aliphatic rings. The average Bonchev–Trinajstić information content (AvgIpc) is 2.30. The van der Waals surface area contributed by atoms with Gasteiger partial charge in [-0.1, -0.05) is 23.0 Å². The maximum absolute atomic E-state index is 10.5. The summed E-state index contributed by atoms with van der Waals surface area (Å²) in [5.41, 5.74) is 7.82. The molecule has 1 aromatic carbocycles. The minimum atomic E-state index is -0.680. The largest absolute Gasteiger partial charge is 0.501 e. The van der Waals surface area contributed by atoms with E-state index >= 15 is 0 Å². The molecule has 17 heavy (non-hydrogen) atoms. The minimum Gasteiger partial charge on any atom is -0.501 e. The number of azide groups is 1. The van der Waals surface area contributed by atoms with Gasteiger partial charge in [-0.05, 0) is 11.6 Å². The number of nitrogens with zero attached hydrogens (tertiary/aromatic N) is 4. The maximum Gasteiger partial charge on any atom is 0.312 e. The molecule has 0 radical (unpaired) electrons. The lowest BCUT2D eigenvalue weighted by Crippen LogP contribution is -1.89. The zero-order valence-corrected chi connectivity index (χ0v) is 8.70. The van der Waals surface area contributed by atoms with E-state index < -0.39 is 10.7 Å². The van der Waals surface area contributed by atoms with Crippen LogP contribution in [0.25, 0.3) is 10.4 Å². The van der Waals surface area contributed by atoms with Crippen LogP contribution in [0.3, 0.4) is 0 Å². The first-order valence-corrected chi connectivity index (χ1v) is 4.63. The number of nitro benzene ring substituents is 1. The molecule has 0 fully saturated rings. The molecule has 86 valence electrons. The summed E-state index contributed by atoms with van der Waals surface area (Å²) in [5, 5.41) is 23.3. The van der Waals surface area contributed by atoms with E-state index in [0.717, 1.165) is 0 Å². The number of benzene rings is 1. The molecule has 0 aromatic heterocycles. The van der Waals surface area contributed by atoms with Crippen molar-refractivity contribution in [3.05, 3.63) is 44.3 Å². The van der Waals surface area contributed by atoms with Gasteiger partial charge in [0.25, 0.3) is 0 Å². The first-order valence-electron chi connectivity index (χ1n) is 4.63. The van der Waals surface area contributed by atoms with Crippen LogP contribution < -0.4 is 0 Å². The van der Waals surface area contributed by atoms with Crippen LogP contribution in [0.4, 0.5) is 5.69 Å². The van der Waals surface area contributed by atoms with Gasteiger partial charge >= 0.3 is 5.69 Å². The summed E-state index contributed by atoms with van der Waals surface area (Å²) in [6.07, 6.45) is 0.326. The van der Waals surface area contributed by atoms with Crippen LogP contribution in [0.5, 0.6) is 5.75 Å². The second kappa shape index (κ2) is 6.00. The van der Waals surface area contributed by atoms with Crippen LogP contribution in [0.2, 0.25) is 0 Å². The third-order valence-electron chi connectivity index (χ3n) is 1.83. The van der Waals surface area contributed by atoms with E-state index in [1.54, 1.807) is 0 Å². The van der Waals surface area contributed by atoms with E-state index in [9.17, 15) is 15.2 Å². The standard InChI is InChI=1S/C10H8N4O3/c11-13-12-7-2-1-4-8-5-3-6-9(10(8)15)14(16)17/h3,5-6,15H,2,7H2. The number of hydrogen-bond donors (Lipinski definition) is 1. The predicted molar refractivity (Wildman–Crippen MR) is 60.3 cm³/mol. The Morgan fingerprint density at radius 2 is 2.35 bits per heavy atom. The van der Waals surface area contributed by atoms with Crippen LogP contribution in [0.15, 0.2) is 23.3 Å². The molecule has 7 nitrogen and oxygen atoms in total. The summed E-state index contributed by atoms with van der Waals surface area (Å²) in [4.78, 5) is 12.4. The van der Waals surface area contributed by atoms with Crippen LogP contribution in [-0.4, -0.2) is 16.6 Å². The Kier molecular flexibility index (Phi) is 4.36. The molecular formula is C10H8N4O3. The van der Waals surface area contributed by atoms with Gasteiger partial charge in [0, 0.05) is 23.9 Å². The fraction of sp³-hybridized carbons (Fsp3) is 0.200. The first-order chi connectivity index (χ1) is 8.16. The Morgan fingerprint density at radius 1 is 1.59 bits per heavy atom. The van der Waals surface area contributed by atoms with Crippen molar-refractivity contribution in [3.8, 4) is 17.6 Å². The number of para-hydroxylation sites is 1. The van der Waals surface area contributed by atoms with Gasteiger partial charge in [0.15, 0.2) is 0 Å². The second-order valence-corrected chi connectivity index (χ2v) is 2.94. The number of aromatic hydroxyl groups is 1. The van der Waals surface area contributed by atoms with Crippen LogP contribution in [0.1, 0.15) is 12.0 Å². The molecule has 0 spiro atoms. The van der Waals surface area contributed by atoms with Gasteiger partial charge in [-0.15, -0.1) is 0 Å². The molecule has 0 saturated carbocycles. The zero-order valence-electron chi connectivity index (χ0n) is 8.70. The summed E-state index contributed by atoms with van der Waals surface area (Å²) >= 11 is 0. The van der Waals surface area contributed by atoms with Crippen molar-refractivity contribution >= 4 is 5.69 Å². The lowest BCUT2D eigenvalue weighted by atomic mass is 10.1. The van der Waals surface area contributed by atoms with Crippen molar-refractivity contribution in [2.45, 2.75) is 6.42 Å². The van der Waals surface area contributed by atoms with E-state index in [1.807, 2.05) is 0 Å². The Hall–Kier alpha value is -2.71. The van der Waals surface area contributed by atoms with Gasteiger partial charge in [0.2, 0.25) is 5.75 Å². The molecule has 0 bridgehead atoms. The maximum atomic E-state index is 10.5. The van der Waals surface area contributed by atoms with Gasteiger partial charge in [0.05, 0.1) is 10.5 Å². The van der Waals surface area contributed by atoms with Gasteiger partial charge in [-0.3, -0.25) is 10.1 Å². The summed E-state index contributed by atoms with van der Waals surface area (Å²) in [6, 6.07) is 4.11. The molecule has 0 aliphatic heterocycles. The summed E-state index contributed by atoms with van der Waals surface area (Å²) in [5.74, 6) is 4.78. The minimum absolute atomic E-state index is 0.181. The molecule has 1 N–H and O–H groups in total. The SMILES string of the molecule is [N-]=[N+]=NCCC#Cc1cccc([N+](=O)[O-])c1O. The van der Waals surface area contributed by atoms with Crippen LogP contribution in [0, 0.1) is 22.0 Å². The Bertz CT molecular complexity index is 538. The monoisotopic (exact) mass is 232 g/mol. The van der Waals surface area contributed by atoms with Crippen molar-refractivity contribution in [3.63, 3.8) is 0 Å². The van der Waals surface area contributed by atoms with E-state index in [0.29, 0.717) is 6.42 Å². The fourth-order valence-electron chi connectivity index (χ4n) is 1.09. The number of rotatable bonds is 3. The highest BCUT2D eigenvalue weighted by molar-refractivity contribution is 5.56. The molecule has 0 amide bonds. The molecule has 1 rings (SSSR count). The number of nitro groups is 1. The summed E-state index contributed by atoms with van der Waals surface area (Å²) in [6.45, 7) is 0.221. The molecule has 0 atom stereocenters. The highest BCUT2D eigenvalue weighted by atomic mass is 16.6. The second-order valence-electron chi connectivity index (χ2n) is 2.94. The summed E-state index contributed by atoms with van der Waals surface area (Å²) < 4.78 is 0. The molecular weight excluding hydrogens is 224 g/mol. The van der Waals surface area contributed by atoms with E-state index in [2.05, 4.69) is 21.9 Å². The van der Waals surface area contributed by atoms with Crippen molar-refractivity contribution in [2.75, 3.05) is 6.54 Å². The average molecular weight is 232 g/mol. The van der Waals surface area contributed by atoms with Gasteiger partial charge in [-0.25, -0.2) is 0 Å². The zero-order chi connectivity index (χ0) is 12.7. The highest BCUT2D eigenvalue weighted by Crippen LogP contribution is 2.28. The molecule has 1 aromatic rings. The van der Waals surface area contributed by atoms with Crippen molar-refractivity contribution in [2.24, 2.45) is 5.11 Å². The molecule has 0 saturated heterocycles. The smallest absolute Gasteiger partial charge is 0.312 e. The first kappa shape index (κ1) is 12.4. The highest BCUT2D eigenvalue weighted by Gasteiger charge is 2.14. The topological polar surface area (TPSA) is 112 Å². The van der Waals surface area contributed by atoms with E-state index in [1.165, 1.54) is 18.2 Å². The van der Waals surface area contributed by atoms with Gasteiger partial charge < -0.3 is 5.11 Å². The van der Waals surface area contributed by atoms with Gasteiger partial charge in [-0.2, -0.15) is 0 Å². The van der Waals surface area contributed by atoms with Crippen molar-refractivity contribution in [1.82, 2.24) is 0 Å².